The van der Waals surface area contributed by atoms with E-state index in [9.17, 15) is 9.59 Å². The van der Waals surface area contributed by atoms with Gasteiger partial charge in [-0.05, 0) is 24.3 Å². The van der Waals surface area contributed by atoms with Crippen LogP contribution in [-0.2, 0) is 14.3 Å². The van der Waals surface area contributed by atoms with Gasteiger partial charge in [0.15, 0.2) is 0 Å². The zero-order valence-corrected chi connectivity index (χ0v) is 8.43. The van der Waals surface area contributed by atoms with E-state index in [-0.39, 0.29) is 5.75 Å². The van der Waals surface area contributed by atoms with Crippen LogP contribution in [0.2, 0.25) is 0 Å². The number of phenolic OH excluding ortho intramolecular Hbond substituents is 1. The van der Waals surface area contributed by atoms with Crippen LogP contribution in [0.4, 0.5) is 5.69 Å². The Morgan fingerprint density at radius 3 is 2.27 bits per heavy atom. The molecule has 80 valence electrons. The molecule has 0 aliphatic rings. The van der Waals surface area contributed by atoms with Gasteiger partial charge < -0.3 is 14.7 Å². The smallest absolute Gasteiger partial charge is 0.397 e. The van der Waals surface area contributed by atoms with Crippen molar-refractivity contribution in [2.45, 2.75) is 0 Å². The van der Waals surface area contributed by atoms with E-state index >= 15 is 0 Å². The molecule has 0 bridgehead atoms. The van der Waals surface area contributed by atoms with Crippen molar-refractivity contribution in [1.82, 2.24) is 0 Å². The van der Waals surface area contributed by atoms with Crippen molar-refractivity contribution in [3.8, 4) is 5.75 Å². The molecule has 0 radical (unpaired) electrons. The van der Waals surface area contributed by atoms with E-state index in [0.29, 0.717) is 5.69 Å². The molecule has 0 saturated heterocycles. The van der Waals surface area contributed by atoms with Crippen LogP contribution < -0.4 is 4.90 Å². The first-order valence-electron chi connectivity index (χ1n) is 4.21. The van der Waals surface area contributed by atoms with Crippen molar-refractivity contribution in [3.05, 3.63) is 24.3 Å². The van der Waals surface area contributed by atoms with Crippen molar-refractivity contribution in [2.24, 2.45) is 0 Å². The Kier molecular flexibility index (Phi) is 3.28. The number of aromatic hydroxyl groups is 1. The molecule has 5 nitrogen and oxygen atoms in total. The number of anilines is 1. The minimum Gasteiger partial charge on any atom is -0.508 e. The summed E-state index contributed by atoms with van der Waals surface area (Å²) in [6.45, 7) is 0. The molecule has 0 saturated carbocycles. The summed E-state index contributed by atoms with van der Waals surface area (Å²) >= 11 is 0. The lowest BCUT2D eigenvalue weighted by molar-refractivity contribution is -0.151. The van der Waals surface area contributed by atoms with Crippen molar-refractivity contribution in [2.75, 3.05) is 19.1 Å². The Morgan fingerprint density at radius 1 is 1.27 bits per heavy atom. The third-order valence-electron chi connectivity index (χ3n) is 1.90. The zero-order valence-electron chi connectivity index (χ0n) is 8.43. The third-order valence-corrected chi connectivity index (χ3v) is 1.90. The number of carbonyl (C=O) groups is 2. The van der Waals surface area contributed by atoms with Crippen molar-refractivity contribution < 1.29 is 19.4 Å². The van der Waals surface area contributed by atoms with Crippen LogP contribution in [0.1, 0.15) is 0 Å². The predicted molar refractivity (Wildman–Crippen MR) is 53.5 cm³/mol. The van der Waals surface area contributed by atoms with Gasteiger partial charge in [0.2, 0.25) is 0 Å². The second-order valence-corrected chi connectivity index (χ2v) is 2.87. The number of phenols is 1. The minimum atomic E-state index is -0.925. The Labute approximate surface area is 86.9 Å². The Morgan fingerprint density at radius 2 is 1.80 bits per heavy atom. The average Bonchev–Trinajstić information content (AvgIpc) is 2.27. The first kappa shape index (κ1) is 11.0. The first-order chi connectivity index (χ1) is 7.06. The van der Waals surface area contributed by atoms with Crippen LogP contribution in [0, 0.1) is 0 Å². The standard InChI is InChI=1S/C10H11NO4/c1-11(9(13)10(14)15-2)7-3-5-8(12)6-4-7/h3-6,12H,1-2H3. The van der Waals surface area contributed by atoms with E-state index in [0.717, 1.165) is 12.0 Å². The second-order valence-electron chi connectivity index (χ2n) is 2.87. The van der Waals surface area contributed by atoms with Crippen LogP contribution in [0.25, 0.3) is 0 Å². The van der Waals surface area contributed by atoms with E-state index in [4.69, 9.17) is 5.11 Å². The van der Waals surface area contributed by atoms with E-state index in [1.807, 2.05) is 0 Å². The molecule has 0 aromatic heterocycles. The van der Waals surface area contributed by atoms with Crippen LogP contribution in [0.15, 0.2) is 24.3 Å². The van der Waals surface area contributed by atoms with Crippen LogP contribution in [0.5, 0.6) is 5.75 Å². The lowest BCUT2D eigenvalue weighted by Gasteiger charge is -2.15. The summed E-state index contributed by atoms with van der Waals surface area (Å²) in [6.07, 6.45) is 0. The van der Waals surface area contributed by atoms with Gasteiger partial charge in [0.05, 0.1) is 7.11 Å². The molecule has 1 rings (SSSR count). The van der Waals surface area contributed by atoms with Crippen LogP contribution in [-0.4, -0.2) is 31.1 Å². The maximum atomic E-state index is 11.3. The highest BCUT2D eigenvalue weighted by molar-refractivity contribution is 6.37. The van der Waals surface area contributed by atoms with Gasteiger partial charge in [-0.25, -0.2) is 4.79 Å². The topological polar surface area (TPSA) is 66.8 Å². The quantitative estimate of drug-likeness (QED) is 0.541. The molecule has 0 spiro atoms. The van der Waals surface area contributed by atoms with Crippen LogP contribution >= 0.6 is 0 Å². The van der Waals surface area contributed by atoms with E-state index in [2.05, 4.69) is 4.74 Å². The van der Waals surface area contributed by atoms with Gasteiger partial charge in [0, 0.05) is 12.7 Å². The number of likely N-dealkylation sites (N-methyl/N-ethyl adjacent to an activating group) is 1. The fraction of sp³-hybridized carbons (Fsp3) is 0.200. The number of benzene rings is 1. The van der Waals surface area contributed by atoms with Crippen molar-refractivity contribution in [1.29, 1.82) is 0 Å². The molecule has 5 heteroatoms. The number of methoxy groups -OCH3 is 1. The highest BCUT2D eigenvalue weighted by Crippen LogP contribution is 2.17. The minimum absolute atomic E-state index is 0.0951. The number of rotatable bonds is 1. The molecule has 1 amide bonds. The maximum absolute atomic E-state index is 11.3. The van der Waals surface area contributed by atoms with Gasteiger partial charge in [-0.3, -0.25) is 4.79 Å². The number of hydrogen-bond acceptors (Lipinski definition) is 4. The molecule has 1 N–H and O–H groups in total. The van der Waals surface area contributed by atoms with Crippen LogP contribution in [0.3, 0.4) is 0 Å². The van der Waals surface area contributed by atoms with E-state index in [1.54, 1.807) is 0 Å². The van der Waals surface area contributed by atoms with Gasteiger partial charge in [0.25, 0.3) is 0 Å². The number of amides is 1. The highest BCUT2D eigenvalue weighted by Gasteiger charge is 2.20. The van der Waals surface area contributed by atoms with Gasteiger partial charge in [0.1, 0.15) is 5.75 Å². The lowest BCUT2D eigenvalue weighted by Crippen LogP contribution is -2.33. The molecule has 0 fully saturated rings. The first-order valence-corrected chi connectivity index (χ1v) is 4.21. The van der Waals surface area contributed by atoms with E-state index in [1.165, 1.54) is 31.3 Å². The van der Waals surface area contributed by atoms with E-state index < -0.39 is 11.9 Å². The van der Waals surface area contributed by atoms with Crippen molar-refractivity contribution >= 4 is 17.6 Å². The fourth-order valence-electron chi connectivity index (χ4n) is 1.02. The molecule has 0 unspecified atom stereocenters. The molecule has 1 aromatic rings. The summed E-state index contributed by atoms with van der Waals surface area (Å²) in [4.78, 5) is 23.4. The summed E-state index contributed by atoms with van der Waals surface area (Å²) in [5, 5.41) is 9.04. The molecule has 0 atom stereocenters. The SMILES string of the molecule is COC(=O)C(=O)N(C)c1ccc(O)cc1. The zero-order chi connectivity index (χ0) is 11.4. The number of ether oxygens (including phenoxy) is 1. The van der Waals surface area contributed by atoms with Crippen molar-refractivity contribution in [3.63, 3.8) is 0 Å². The fourth-order valence-corrected chi connectivity index (χ4v) is 1.02. The summed E-state index contributed by atoms with van der Waals surface area (Å²) in [5.41, 5.74) is 0.503. The number of esters is 1. The Bertz CT molecular complexity index is 372. The summed E-state index contributed by atoms with van der Waals surface area (Å²) < 4.78 is 4.30. The molecule has 15 heavy (non-hydrogen) atoms. The normalized spacial score (nSPS) is 9.47. The molecular weight excluding hydrogens is 198 g/mol. The maximum Gasteiger partial charge on any atom is 0.397 e. The summed E-state index contributed by atoms with van der Waals surface area (Å²) in [5.74, 6) is -1.59. The van der Waals surface area contributed by atoms with Gasteiger partial charge in [-0.1, -0.05) is 0 Å². The summed E-state index contributed by atoms with van der Waals surface area (Å²) in [6, 6.07) is 5.90. The molecular formula is C10H11NO4. The third kappa shape index (κ3) is 2.46. The summed E-state index contributed by atoms with van der Waals surface area (Å²) in [7, 11) is 2.59. The monoisotopic (exact) mass is 209 g/mol. The number of hydrogen-bond donors (Lipinski definition) is 1. The van der Waals surface area contributed by atoms with Gasteiger partial charge in [-0.15, -0.1) is 0 Å². The molecule has 0 heterocycles. The second kappa shape index (κ2) is 4.45. The Balaban J connectivity index is 2.85. The molecule has 1 aromatic carbocycles. The number of nitrogens with zero attached hydrogens (tertiary/aromatic N) is 1. The number of carbonyl (C=O) groups excluding carboxylic acids is 2. The largest absolute Gasteiger partial charge is 0.508 e. The van der Waals surface area contributed by atoms with Gasteiger partial charge >= 0.3 is 11.9 Å². The molecule has 0 aliphatic carbocycles. The Hall–Kier alpha value is -2.04. The van der Waals surface area contributed by atoms with Gasteiger partial charge in [-0.2, -0.15) is 0 Å². The lowest BCUT2D eigenvalue weighted by atomic mass is 10.3. The average molecular weight is 209 g/mol. The highest BCUT2D eigenvalue weighted by atomic mass is 16.5. The molecule has 0 aliphatic heterocycles. The predicted octanol–water partition coefficient (Wildman–Crippen LogP) is 0.528.